The molecule has 0 heterocycles. The summed E-state index contributed by atoms with van der Waals surface area (Å²) in [5, 5.41) is 0. The minimum absolute atomic E-state index is 0.454. The third-order valence-corrected chi connectivity index (χ3v) is 4.57. The molecule has 0 amide bonds. The molecule has 2 rings (SSSR count). The van der Waals surface area contributed by atoms with Crippen molar-refractivity contribution in [2.75, 3.05) is 0 Å². The second-order valence-electron chi connectivity index (χ2n) is 5.09. The van der Waals surface area contributed by atoms with E-state index in [0.29, 0.717) is 12.0 Å². The van der Waals surface area contributed by atoms with Crippen LogP contribution >= 0.6 is 22.9 Å². The Kier molecular flexibility index (Phi) is 5.40. The van der Waals surface area contributed by atoms with Crippen molar-refractivity contribution in [3.8, 4) is 0 Å². The van der Waals surface area contributed by atoms with Gasteiger partial charge in [0.1, 0.15) is 0 Å². The molecule has 0 radical (unpaired) electrons. The molecular weight excluding hydrogens is 345 g/mol. The summed E-state index contributed by atoms with van der Waals surface area (Å²) in [5.41, 5.74) is 4.14. The molecule has 100 valence electrons. The van der Waals surface area contributed by atoms with Crippen LogP contribution in [0.4, 0.5) is 0 Å². The minimum Gasteiger partial charge on any atom is -0.258 e. The number of halogens is 1. The van der Waals surface area contributed by atoms with E-state index in [1.54, 1.807) is 0 Å². The van der Waals surface area contributed by atoms with Gasteiger partial charge in [0.25, 0.3) is 0 Å². The van der Waals surface area contributed by atoms with Crippen LogP contribution in [0.5, 0.6) is 0 Å². The molecule has 0 aliphatic rings. The Morgan fingerprint density at radius 2 is 1.47 bits per heavy atom. The maximum atomic E-state index is 3.25. The highest BCUT2D eigenvalue weighted by molar-refractivity contribution is 14.1. The maximum absolute atomic E-state index is 3.25. The first kappa shape index (κ1) is 14.5. The molecule has 1 nitrogen and oxygen atoms in total. The summed E-state index contributed by atoms with van der Waals surface area (Å²) < 4.78 is 3.25. The van der Waals surface area contributed by atoms with Crippen LogP contribution in [0.2, 0.25) is 0 Å². The Morgan fingerprint density at radius 3 is 2.05 bits per heavy atom. The van der Waals surface area contributed by atoms with Crippen molar-refractivity contribution in [1.29, 1.82) is 0 Å². The predicted octanol–water partition coefficient (Wildman–Crippen LogP) is 4.71. The van der Waals surface area contributed by atoms with Crippen molar-refractivity contribution in [3.63, 3.8) is 0 Å². The van der Waals surface area contributed by atoms with Gasteiger partial charge in [-0.15, -0.1) is 0 Å². The average Bonchev–Trinajstić information content (AvgIpc) is 2.48. The highest BCUT2D eigenvalue weighted by Gasteiger charge is 2.08. The third kappa shape index (κ3) is 4.05. The fraction of sp³-hybridized carbons (Fsp3) is 0.294. The van der Waals surface area contributed by atoms with E-state index in [0.717, 1.165) is 6.42 Å². The number of hydrogen-bond donors (Lipinski definition) is 1. The molecule has 0 spiro atoms. The van der Waals surface area contributed by atoms with Gasteiger partial charge in [-0.25, -0.2) is 0 Å². The molecule has 1 N–H and O–H groups in total. The largest absolute Gasteiger partial charge is 0.258 e. The van der Waals surface area contributed by atoms with Gasteiger partial charge in [-0.05, 0) is 30.0 Å². The van der Waals surface area contributed by atoms with Gasteiger partial charge in [-0.1, -0.05) is 61.5 Å². The van der Waals surface area contributed by atoms with Crippen LogP contribution < -0.4 is 3.53 Å². The molecule has 0 aromatic heterocycles. The van der Waals surface area contributed by atoms with Gasteiger partial charge in [0.15, 0.2) is 0 Å². The predicted molar refractivity (Wildman–Crippen MR) is 90.7 cm³/mol. The summed E-state index contributed by atoms with van der Waals surface area (Å²) in [7, 11) is 0. The topological polar surface area (TPSA) is 12.0 Å². The first-order valence-electron chi connectivity index (χ1n) is 6.70. The summed E-state index contributed by atoms with van der Waals surface area (Å²) in [6.07, 6.45) is 1.07. The Balaban J connectivity index is 2.10. The number of nitrogens with one attached hydrogen (secondary N) is 1. The third-order valence-electron chi connectivity index (χ3n) is 3.51. The maximum Gasteiger partial charge on any atom is 0.0175 e. The van der Waals surface area contributed by atoms with Crippen LogP contribution in [0, 0.1) is 0 Å². The van der Waals surface area contributed by atoms with Gasteiger partial charge in [-0.3, -0.25) is 3.53 Å². The molecule has 0 aliphatic carbocycles. The Labute approximate surface area is 129 Å². The Hall–Kier alpha value is -0.870. The standard InChI is InChI=1S/C17H20IN/c1-13(19-18)12-15-8-10-17(11-9-15)14(2)16-6-4-3-5-7-16/h3-11,13-14,19H,12H2,1-2H3/t13-,14?/m1/s1. The fourth-order valence-electron chi connectivity index (χ4n) is 2.27. The highest BCUT2D eigenvalue weighted by atomic mass is 127. The molecule has 0 saturated heterocycles. The van der Waals surface area contributed by atoms with Gasteiger partial charge in [0, 0.05) is 34.8 Å². The monoisotopic (exact) mass is 365 g/mol. The van der Waals surface area contributed by atoms with Crippen LogP contribution in [-0.2, 0) is 6.42 Å². The van der Waals surface area contributed by atoms with Gasteiger partial charge in [0.05, 0.1) is 0 Å². The summed E-state index contributed by atoms with van der Waals surface area (Å²) in [4.78, 5) is 0. The SMILES string of the molecule is CC(c1ccccc1)c1ccc(C[C@@H](C)NI)cc1. The smallest absolute Gasteiger partial charge is 0.0175 e. The highest BCUT2D eigenvalue weighted by Crippen LogP contribution is 2.24. The molecule has 0 bridgehead atoms. The molecule has 0 fully saturated rings. The molecule has 0 aliphatic heterocycles. The first-order valence-corrected chi connectivity index (χ1v) is 7.78. The van der Waals surface area contributed by atoms with Crippen molar-refractivity contribution in [1.82, 2.24) is 3.53 Å². The molecule has 0 saturated carbocycles. The lowest BCUT2D eigenvalue weighted by Gasteiger charge is -2.14. The van der Waals surface area contributed by atoms with E-state index < -0.39 is 0 Å². The lowest BCUT2D eigenvalue weighted by Crippen LogP contribution is -2.18. The summed E-state index contributed by atoms with van der Waals surface area (Å²) in [6, 6.07) is 20.2. The van der Waals surface area contributed by atoms with E-state index in [1.165, 1.54) is 16.7 Å². The zero-order chi connectivity index (χ0) is 13.7. The van der Waals surface area contributed by atoms with E-state index in [4.69, 9.17) is 0 Å². The van der Waals surface area contributed by atoms with Crippen molar-refractivity contribution in [2.45, 2.75) is 32.2 Å². The molecular formula is C17H20IN. The second-order valence-corrected chi connectivity index (χ2v) is 5.71. The van der Waals surface area contributed by atoms with Gasteiger partial charge < -0.3 is 0 Å². The van der Waals surface area contributed by atoms with E-state index >= 15 is 0 Å². The number of rotatable bonds is 5. The molecule has 2 heteroatoms. The fourth-order valence-corrected chi connectivity index (χ4v) is 2.49. The molecule has 1 unspecified atom stereocenters. The van der Waals surface area contributed by atoms with Crippen LogP contribution in [-0.4, -0.2) is 6.04 Å². The minimum atomic E-state index is 0.454. The summed E-state index contributed by atoms with van der Waals surface area (Å²) in [6.45, 7) is 4.46. The van der Waals surface area contributed by atoms with Crippen molar-refractivity contribution >= 4 is 22.9 Å². The van der Waals surface area contributed by atoms with Crippen molar-refractivity contribution in [2.24, 2.45) is 0 Å². The first-order chi connectivity index (χ1) is 9.20. The molecule has 2 atom stereocenters. The van der Waals surface area contributed by atoms with E-state index in [1.807, 2.05) is 0 Å². The Morgan fingerprint density at radius 1 is 0.895 bits per heavy atom. The normalized spacial score (nSPS) is 14.1. The van der Waals surface area contributed by atoms with Crippen LogP contribution in [0.1, 0.15) is 36.5 Å². The summed E-state index contributed by atoms with van der Waals surface area (Å²) in [5.74, 6) is 0.454. The van der Waals surface area contributed by atoms with Gasteiger partial charge in [0.2, 0.25) is 0 Å². The number of hydrogen-bond acceptors (Lipinski definition) is 1. The Bertz CT molecular complexity index is 492. The lowest BCUT2D eigenvalue weighted by atomic mass is 9.92. The van der Waals surface area contributed by atoms with Crippen LogP contribution in [0.3, 0.4) is 0 Å². The van der Waals surface area contributed by atoms with Crippen molar-refractivity contribution < 1.29 is 0 Å². The lowest BCUT2D eigenvalue weighted by molar-refractivity contribution is 0.707. The zero-order valence-electron chi connectivity index (χ0n) is 11.4. The number of benzene rings is 2. The van der Waals surface area contributed by atoms with E-state index in [9.17, 15) is 0 Å². The van der Waals surface area contributed by atoms with E-state index in [-0.39, 0.29) is 0 Å². The van der Waals surface area contributed by atoms with Crippen LogP contribution in [0.15, 0.2) is 54.6 Å². The van der Waals surface area contributed by atoms with Gasteiger partial charge >= 0.3 is 0 Å². The quantitative estimate of drug-likeness (QED) is 0.598. The van der Waals surface area contributed by atoms with Crippen LogP contribution in [0.25, 0.3) is 0 Å². The van der Waals surface area contributed by atoms with E-state index in [2.05, 4.69) is 94.8 Å². The second kappa shape index (κ2) is 7.06. The summed E-state index contributed by atoms with van der Waals surface area (Å²) >= 11 is 2.22. The average molecular weight is 365 g/mol. The zero-order valence-corrected chi connectivity index (χ0v) is 13.6. The molecule has 2 aromatic carbocycles. The van der Waals surface area contributed by atoms with Crippen molar-refractivity contribution in [3.05, 3.63) is 71.3 Å². The molecule has 2 aromatic rings. The molecule has 19 heavy (non-hydrogen) atoms. The van der Waals surface area contributed by atoms with Gasteiger partial charge in [-0.2, -0.15) is 0 Å².